The summed E-state index contributed by atoms with van der Waals surface area (Å²) in [5.74, 6) is 0.0370. The predicted molar refractivity (Wildman–Crippen MR) is 60.9 cm³/mol. The van der Waals surface area contributed by atoms with Crippen molar-refractivity contribution in [3.05, 3.63) is 29.1 Å². The molecule has 0 aliphatic heterocycles. The lowest BCUT2D eigenvalue weighted by Crippen LogP contribution is -2.33. The van der Waals surface area contributed by atoms with Crippen molar-refractivity contribution in [3.8, 4) is 0 Å². The average molecular weight is 206 g/mol. The van der Waals surface area contributed by atoms with Gasteiger partial charge in [0.05, 0.1) is 11.3 Å². The second-order valence-corrected chi connectivity index (χ2v) is 4.10. The Kier molecular flexibility index (Phi) is 3.45. The molecule has 1 heterocycles. The first kappa shape index (κ1) is 11.7. The van der Waals surface area contributed by atoms with E-state index >= 15 is 0 Å². The Bertz CT molecular complexity index is 372. The molecule has 3 nitrogen and oxygen atoms in total. The van der Waals surface area contributed by atoms with Gasteiger partial charge in [-0.05, 0) is 39.8 Å². The van der Waals surface area contributed by atoms with Crippen LogP contribution in [0, 0.1) is 13.8 Å². The molecule has 0 saturated heterocycles. The van der Waals surface area contributed by atoms with Gasteiger partial charge in [0.15, 0.2) is 0 Å². The lowest BCUT2D eigenvalue weighted by Gasteiger charge is -2.22. The van der Waals surface area contributed by atoms with Gasteiger partial charge in [-0.25, -0.2) is 0 Å². The van der Waals surface area contributed by atoms with Gasteiger partial charge in [0, 0.05) is 18.8 Å². The Morgan fingerprint density at radius 2 is 1.93 bits per heavy atom. The minimum Gasteiger partial charge on any atom is -0.339 e. The third-order valence-electron chi connectivity index (χ3n) is 2.55. The fourth-order valence-electron chi connectivity index (χ4n) is 1.34. The summed E-state index contributed by atoms with van der Waals surface area (Å²) in [5.41, 5.74) is 2.43. The van der Waals surface area contributed by atoms with Crippen LogP contribution in [0.1, 0.15) is 35.6 Å². The first-order valence-corrected chi connectivity index (χ1v) is 5.15. The number of rotatable bonds is 2. The van der Waals surface area contributed by atoms with Gasteiger partial charge >= 0.3 is 0 Å². The van der Waals surface area contributed by atoms with Gasteiger partial charge in [0.25, 0.3) is 5.91 Å². The molecule has 1 aromatic rings. The van der Waals surface area contributed by atoms with Gasteiger partial charge in [0.1, 0.15) is 0 Å². The van der Waals surface area contributed by atoms with Crippen LogP contribution in [0.15, 0.2) is 12.1 Å². The van der Waals surface area contributed by atoms with Crippen molar-refractivity contribution in [3.63, 3.8) is 0 Å². The van der Waals surface area contributed by atoms with E-state index in [2.05, 4.69) is 4.98 Å². The Hall–Kier alpha value is -1.38. The van der Waals surface area contributed by atoms with Gasteiger partial charge in [-0.3, -0.25) is 9.78 Å². The van der Waals surface area contributed by atoms with Crippen LogP contribution in [0.2, 0.25) is 0 Å². The average Bonchev–Trinajstić information content (AvgIpc) is 2.15. The highest BCUT2D eigenvalue weighted by Crippen LogP contribution is 2.10. The summed E-state index contributed by atoms with van der Waals surface area (Å²) in [5, 5.41) is 0. The molecule has 0 saturated carbocycles. The van der Waals surface area contributed by atoms with Crippen molar-refractivity contribution in [1.29, 1.82) is 0 Å². The van der Waals surface area contributed by atoms with E-state index in [1.807, 2.05) is 46.9 Å². The van der Waals surface area contributed by atoms with Crippen LogP contribution in [-0.2, 0) is 0 Å². The molecule has 1 rings (SSSR count). The Morgan fingerprint density at radius 3 is 2.40 bits per heavy atom. The topological polar surface area (TPSA) is 33.2 Å². The Labute approximate surface area is 91.1 Å². The summed E-state index contributed by atoms with van der Waals surface area (Å²) >= 11 is 0. The molecule has 0 spiro atoms. The number of aryl methyl sites for hydroxylation is 2. The highest BCUT2D eigenvalue weighted by atomic mass is 16.2. The highest BCUT2D eigenvalue weighted by Gasteiger charge is 2.16. The van der Waals surface area contributed by atoms with E-state index in [0.717, 1.165) is 11.4 Å². The second-order valence-electron chi connectivity index (χ2n) is 4.10. The molecule has 3 heteroatoms. The molecule has 82 valence electrons. The summed E-state index contributed by atoms with van der Waals surface area (Å²) in [6.07, 6.45) is 0. The smallest absolute Gasteiger partial charge is 0.255 e. The van der Waals surface area contributed by atoms with Crippen LogP contribution >= 0.6 is 0 Å². The molecule has 0 fully saturated rings. The number of amides is 1. The monoisotopic (exact) mass is 206 g/mol. The second kappa shape index (κ2) is 4.43. The molecule has 1 aromatic heterocycles. The van der Waals surface area contributed by atoms with E-state index in [4.69, 9.17) is 0 Å². The molecule has 15 heavy (non-hydrogen) atoms. The molecule has 0 N–H and O–H groups in total. The van der Waals surface area contributed by atoms with Crippen LogP contribution in [0.5, 0.6) is 0 Å². The minimum atomic E-state index is 0.0370. The third kappa shape index (κ3) is 2.55. The normalized spacial score (nSPS) is 10.5. The molecule has 0 bridgehead atoms. The van der Waals surface area contributed by atoms with E-state index < -0.39 is 0 Å². The van der Waals surface area contributed by atoms with Gasteiger partial charge < -0.3 is 4.90 Å². The van der Waals surface area contributed by atoms with Crippen molar-refractivity contribution < 1.29 is 4.79 Å². The minimum absolute atomic E-state index is 0.0370. The molecule has 0 unspecified atom stereocenters. The summed E-state index contributed by atoms with van der Waals surface area (Å²) in [6.45, 7) is 7.78. The van der Waals surface area contributed by atoms with Crippen molar-refractivity contribution in [2.24, 2.45) is 0 Å². The molecule has 0 aromatic carbocycles. The highest BCUT2D eigenvalue weighted by molar-refractivity contribution is 5.95. The van der Waals surface area contributed by atoms with Gasteiger partial charge in [-0.15, -0.1) is 0 Å². The van der Waals surface area contributed by atoms with Gasteiger partial charge in [-0.1, -0.05) is 0 Å². The van der Waals surface area contributed by atoms with Crippen molar-refractivity contribution in [2.75, 3.05) is 7.05 Å². The zero-order chi connectivity index (χ0) is 11.6. The van der Waals surface area contributed by atoms with E-state index in [9.17, 15) is 4.79 Å². The number of nitrogens with zero attached hydrogens (tertiary/aromatic N) is 2. The zero-order valence-electron chi connectivity index (χ0n) is 10.0. The van der Waals surface area contributed by atoms with Crippen molar-refractivity contribution in [2.45, 2.75) is 33.7 Å². The lowest BCUT2D eigenvalue weighted by atomic mass is 10.1. The van der Waals surface area contributed by atoms with Crippen LogP contribution in [0.3, 0.4) is 0 Å². The van der Waals surface area contributed by atoms with E-state index in [1.54, 1.807) is 4.90 Å². The lowest BCUT2D eigenvalue weighted by molar-refractivity contribution is 0.0753. The predicted octanol–water partition coefficient (Wildman–Crippen LogP) is 2.18. The summed E-state index contributed by atoms with van der Waals surface area (Å²) in [4.78, 5) is 18.0. The van der Waals surface area contributed by atoms with Crippen LogP contribution in [-0.4, -0.2) is 28.9 Å². The number of hydrogen-bond acceptors (Lipinski definition) is 2. The maximum absolute atomic E-state index is 12.0. The molecule has 0 aliphatic carbocycles. The number of carbonyl (C=O) groups excluding carboxylic acids is 1. The number of aromatic nitrogens is 1. The number of carbonyl (C=O) groups is 1. The summed E-state index contributed by atoms with van der Waals surface area (Å²) in [7, 11) is 1.81. The standard InChI is InChI=1S/C12H18N2O/c1-8(2)14(5)12(15)11-7-6-9(3)13-10(11)4/h6-8H,1-5H3. The Balaban J connectivity index is 3.01. The SMILES string of the molecule is Cc1ccc(C(=O)N(C)C(C)C)c(C)n1. The molecular weight excluding hydrogens is 188 g/mol. The largest absolute Gasteiger partial charge is 0.339 e. The van der Waals surface area contributed by atoms with Crippen molar-refractivity contribution in [1.82, 2.24) is 9.88 Å². The maximum Gasteiger partial charge on any atom is 0.255 e. The summed E-state index contributed by atoms with van der Waals surface area (Å²) in [6, 6.07) is 3.92. The Morgan fingerprint density at radius 1 is 1.33 bits per heavy atom. The van der Waals surface area contributed by atoms with Gasteiger partial charge in [-0.2, -0.15) is 0 Å². The quantitative estimate of drug-likeness (QED) is 0.743. The number of hydrogen-bond donors (Lipinski definition) is 0. The fraction of sp³-hybridized carbons (Fsp3) is 0.500. The number of pyridine rings is 1. The molecule has 0 atom stereocenters. The molecular formula is C12H18N2O. The first-order valence-electron chi connectivity index (χ1n) is 5.15. The molecule has 0 radical (unpaired) electrons. The fourth-order valence-corrected chi connectivity index (χ4v) is 1.34. The van der Waals surface area contributed by atoms with Crippen molar-refractivity contribution >= 4 is 5.91 Å². The van der Waals surface area contributed by atoms with E-state index in [0.29, 0.717) is 5.56 Å². The van der Waals surface area contributed by atoms with Gasteiger partial charge in [0.2, 0.25) is 0 Å². The van der Waals surface area contributed by atoms with Crippen LogP contribution < -0.4 is 0 Å². The maximum atomic E-state index is 12.0. The third-order valence-corrected chi connectivity index (χ3v) is 2.55. The van der Waals surface area contributed by atoms with Crippen LogP contribution in [0.4, 0.5) is 0 Å². The summed E-state index contributed by atoms with van der Waals surface area (Å²) < 4.78 is 0. The molecule has 1 amide bonds. The van der Waals surface area contributed by atoms with E-state index in [-0.39, 0.29) is 11.9 Å². The zero-order valence-corrected chi connectivity index (χ0v) is 10.0. The first-order chi connectivity index (χ1) is 6.93. The van der Waals surface area contributed by atoms with Crippen LogP contribution in [0.25, 0.3) is 0 Å². The van der Waals surface area contributed by atoms with E-state index in [1.165, 1.54) is 0 Å². The molecule has 0 aliphatic rings.